The Morgan fingerprint density at radius 1 is 1.07 bits per heavy atom. The Bertz CT molecular complexity index is 461. The smallest absolute Gasteiger partial charge is 0.131 e. The van der Waals surface area contributed by atoms with Crippen LogP contribution in [-0.2, 0) is 0 Å². The molecule has 0 saturated carbocycles. The van der Waals surface area contributed by atoms with E-state index in [0.717, 1.165) is 10.8 Å². The fourth-order valence-corrected chi connectivity index (χ4v) is 1.47. The summed E-state index contributed by atoms with van der Waals surface area (Å²) in [6.45, 7) is 8.19. The molecule has 0 bridgehead atoms. The minimum absolute atomic E-state index is 0.612. The molecule has 2 N–H and O–H groups in total. The van der Waals surface area contributed by atoms with Crippen molar-refractivity contribution >= 4 is 16.6 Å². The minimum Gasteiger partial charge on any atom is -0.383 e. The average molecular weight is 202 g/mol. The summed E-state index contributed by atoms with van der Waals surface area (Å²) >= 11 is 0. The van der Waals surface area contributed by atoms with E-state index in [1.807, 2.05) is 19.9 Å². The van der Waals surface area contributed by atoms with Crippen LogP contribution in [0.25, 0.3) is 10.8 Å². The van der Waals surface area contributed by atoms with Crippen molar-refractivity contribution in [2.24, 2.45) is 0 Å². The molecule has 2 heteroatoms. The van der Waals surface area contributed by atoms with Crippen LogP contribution in [0.1, 0.15) is 25.0 Å². The van der Waals surface area contributed by atoms with Gasteiger partial charge in [-0.3, -0.25) is 0 Å². The van der Waals surface area contributed by atoms with Crippen LogP contribution in [0.15, 0.2) is 24.4 Å². The maximum atomic E-state index is 5.76. The maximum absolute atomic E-state index is 5.76. The number of hydrogen-bond acceptors (Lipinski definition) is 2. The normalized spacial score (nSPS) is 9.60. The summed E-state index contributed by atoms with van der Waals surface area (Å²) in [4.78, 5) is 4.06. The van der Waals surface area contributed by atoms with Gasteiger partial charge >= 0.3 is 0 Å². The molecule has 0 amide bonds. The van der Waals surface area contributed by atoms with Gasteiger partial charge in [0, 0.05) is 11.6 Å². The molecular weight excluding hydrogens is 184 g/mol. The number of fused-ring (bicyclic) bond motifs is 1. The largest absolute Gasteiger partial charge is 0.383 e. The van der Waals surface area contributed by atoms with Crippen LogP contribution in [0.3, 0.4) is 0 Å². The van der Waals surface area contributed by atoms with Gasteiger partial charge in [0.2, 0.25) is 0 Å². The summed E-state index contributed by atoms with van der Waals surface area (Å²) in [5.41, 5.74) is 8.31. The fourth-order valence-electron chi connectivity index (χ4n) is 1.47. The van der Waals surface area contributed by atoms with Gasteiger partial charge in [-0.05, 0) is 42.5 Å². The molecule has 0 atom stereocenters. The second-order valence-electron chi connectivity index (χ2n) is 3.35. The second-order valence-corrected chi connectivity index (χ2v) is 3.35. The van der Waals surface area contributed by atoms with E-state index in [4.69, 9.17) is 5.73 Å². The predicted octanol–water partition coefficient (Wildman–Crippen LogP) is 3.46. The van der Waals surface area contributed by atoms with E-state index in [1.165, 1.54) is 11.1 Å². The lowest BCUT2D eigenvalue weighted by atomic mass is 10.0. The van der Waals surface area contributed by atoms with Gasteiger partial charge in [0.1, 0.15) is 5.82 Å². The summed E-state index contributed by atoms with van der Waals surface area (Å²) in [7, 11) is 0. The number of nitrogens with zero attached hydrogens (tertiary/aromatic N) is 1. The summed E-state index contributed by atoms with van der Waals surface area (Å²) in [6.07, 6.45) is 1.74. The van der Waals surface area contributed by atoms with E-state index in [-0.39, 0.29) is 0 Å². The van der Waals surface area contributed by atoms with Crippen molar-refractivity contribution in [1.82, 2.24) is 4.98 Å². The molecule has 0 fully saturated rings. The van der Waals surface area contributed by atoms with Gasteiger partial charge in [-0.15, -0.1) is 0 Å². The highest BCUT2D eigenvalue weighted by molar-refractivity contribution is 5.91. The Morgan fingerprint density at radius 2 is 1.67 bits per heavy atom. The number of benzene rings is 1. The molecule has 0 saturated heterocycles. The van der Waals surface area contributed by atoms with Gasteiger partial charge in [-0.2, -0.15) is 0 Å². The summed E-state index contributed by atoms with van der Waals surface area (Å²) < 4.78 is 0. The number of nitrogens with two attached hydrogens (primary N) is 1. The highest BCUT2D eigenvalue weighted by Crippen LogP contribution is 2.22. The highest BCUT2D eigenvalue weighted by atomic mass is 14.8. The first-order valence-corrected chi connectivity index (χ1v) is 5.30. The SMILES string of the molecule is CC.Cc1cc2ccnc(N)c2cc1C. The Labute approximate surface area is 91.1 Å². The zero-order valence-corrected chi connectivity index (χ0v) is 9.83. The monoisotopic (exact) mass is 202 g/mol. The minimum atomic E-state index is 0.612. The maximum Gasteiger partial charge on any atom is 0.131 e. The van der Waals surface area contributed by atoms with Gasteiger partial charge in [0.05, 0.1) is 0 Å². The van der Waals surface area contributed by atoms with E-state index in [0.29, 0.717) is 5.82 Å². The summed E-state index contributed by atoms with van der Waals surface area (Å²) in [5, 5.41) is 2.21. The van der Waals surface area contributed by atoms with Gasteiger partial charge < -0.3 is 5.73 Å². The van der Waals surface area contributed by atoms with E-state index in [9.17, 15) is 0 Å². The molecule has 2 rings (SSSR count). The molecule has 0 spiro atoms. The molecule has 1 aromatic heterocycles. The Balaban J connectivity index is 0.000000531. The highest BCUT2D eigenvalue weighted by Gasteiger charge is 2.00. The standard InChI is InChI=1S/C11H12N2.C2H6/c1-7-5-9-3-4-13-11(12)10(9)6-8(7)2;1-2/h3-6H,1-2H3,(H2,12,13);1-2H3. The van der Waals surface area contributed by atoms with Crippen LogP contribution in [0, 0.1) is 13.8 Å². The van der Waals surface area contributed by atoms with E-state index < -0.39 is 0 Å². The van der Waals surface area contributed by atoms with Gasteiger partial charge in [-0.1, -0.05) is 19.9 Å². The lowest BCUT2D eigenvalue weighted by Gasteiger charge is -2.04. The number of aromatic nitrogens is 1. The van der Waals surface area contributed by atoms with Crippen molar-refractivity contribution in [1.29, 1.82) is 0 Å². The zero-order chi connectivity index (χ0) is 11.4. The molecule has 1 heterocycles. The molecule has 0 unspecified atom stereocenters. The van der Waals surface area contributed by atoms with E-state index in [2.05, 4.69) is 31.0 Å². The number of rotatable bonds is 0. The molecule has 0 aliphatic rings. The first kappa shape index (κ1) is 11.5. The zero-order valence-electron chi connectivity index (χ0n) is 9.83. The van der Waals surface area contributed by atoms with Crippen LogP contribution in [0.5, 0.6) is 0 Å². The van der Waals surface area contributed by atoms with Crippen LogP contribution < -0.4 is 5.73 Å². The van der Waals surface area contributed by atoms with Gasteiger partial charge in [0.15, 0.2) is 0 Å². The number of hydrogen-bond donors (Lipinski definition) is 1. The van der Waals surface area contributed by atoms with Gasteiger partial charge in [-0.25, -0.2) is 4.98 Å². The molecule has 1 aromatic carbocycles. The van der Waals surface area contributed by atoms with Crippen molar-refractivity contribution in [3.05, 3.63) is 35.5 Å². The molecule has 2 nitrogen and oxygen atoms in total. The number of pyridine rings is 1. The van der Waals surface area contributed by atoms with Crippen molar-refractivity contribution in [3.8, 4) is 0 Å². The first-order chi connectivity index (χ1) is 7.18. The third kappa shape index (κ3) is 2.27. The quantitative estimate of drug-likeness (QED) is 0.710. The molecule has 15 heavy (non-hydrogen) atoms. The molecule has 80 valence electrons. The molecule has 0 aliphatic carbocycles. The first-order valence-electron chi connectivity index (χ1n) is 5.30. The third-order valence-electron chi connectivity index (χ3n) is 2.41. The van der Waals surface area contributed by atoms with E-state index in [1.54, 1.807) is 6.20 Å². The van der Waals surface area contributed by atoms with E-state index >= 15 is 0 Å². The number of nitrogen functional groups attached to an aromatic ring is 1. The fraction of sp³-hybridized carbons (Fsp3) is 0.308. The Kier molecular flexibility index (Phi) is 3.67. The van der Waals surface area contributed by atoms with Crippen molar-refractivity contribution in [3.63, 3.8) is 0 Å². The van der Waals surface area contributed by atoms with Crippen LogP contribution in [0.4, 0.5) is 5.82 Å². The summed E-state index contributed by atoms with van der Waals surface area (Å²) in [6, 6.07) is 6.22. The molecular formula is C13H18N2. The number of aryl methyl sites for hydroxylation is 2. The summed E-state index contributed by atoms with van der Waals surface area (Å²) in [5.74, 6) is 0.612. The second kappa shape index (κ2) is 4.78. The Hall–Kier alpha value is -1.57. The van der Waals surface area contributed by atoms with Crippen molar-refractivity contribution < 1.29 is 0 Å². The lowest BCUT2D eigenvalue weighted by molar-refractivity contribution is 1.33. The molecule has 2 aromatic rings. The van der Waals surface area contributed by atoms with Crippen LogP contribution in [0.2, 0.25) is 0 Å². The van der Waals surface area contributed by atoms with Crippen LogP contribution in [-0.4, -0.2) is 4.98 Å². The molecule has 0 aliphatic heterocycles. The van der Waals surface area contributed by atoms with Gasteiger partial charge in [0.25, 0.3) is 0 Å². The molecule has 0 radical (unpaired) electrons. The van der Waals surface area contributed by atoms with Crippen LogP contribution >= 0.6 is 0 Å². The van der Waals surface area contributed by atoms with Crippen molar-refractivity contribution in [2.45, 2.75) is 27.7 Å². The van der Waals surface area contributed by atoms with Crippen molar-refractivity contribution in [2.75, 3.05) is 5.73 Å². The predicted molar refractivity (Wildman–Crippen MR) is 67.0 cm³/mol. The third-order valence-corrected chi connectivity index (χ3v) is 2.41. The topological polar surface area (TPSA) is 38.9 Å². The lowest BCUT2D eigenvalue weighted by Crippen LogP contribution is -1.92. The Morgan fingerprint density at radius 3 is 2.33 bits per heavy atom. The number of anilines is 1. The average Bonchev–Trinajstić information content (AvgIpc) is 2.24.